The molecule has 0 aliphatic heterocycles. The highest BCUT2D eigenvalue weighted by atomic mass is 19.1. The third kappa shape index (κ3) is 5.36. The highest BCUT2D eigenvalue weighted by Crippen LogP contribution is 2.15. The van der Waals surface area contributed by atoms with Crippen LogP contribution in [-0.4, -0.2) is 32.1 Å². The number of halogens is 1. The average molecular weight is 282 g/mol. The van der Waals surface area contributed by atoms with Gasteiger partial charge in [0, 0.05) is 13.5 Å². The van der Waals surface area contributed by atoms with E-state index in [1.807, 2.05) is 0 Å². The average Bonchev–Trinajstić information content (AvgIpc) is 2.43. The molecule has 0 spiro atoms. The molecule has 0 aliphatic carbocycles. The Morgan fingerprint density at radius 1 is 1.25 bits per heavy atom. The lowest BCUT2D eigenvalue weighted by molar-refractivity contribution is -0.143. The van der Waals surface area contributed by atoms with Crippen LogP contribution in [0.25, 0.3) is 0 Å². The van der Waals surface area contributed by atoms with Gasteiger partial charge in [-0.3, -0.25) is 4.79 Å². The normalized spacial score (nSPS) is 11.8. The molecule has 1 atom stereocenters. The van der Waals surface area contributed by atoms with Crippen LogP contribution >= 0.6 is 0 Å². The predicted molar refractivity (Wildman–Crippen MR) is 72.5 cm³/mol. The van der Waals surface area contributed by atoms with Crippen LogP contribution in [0.2, 0.25) is 0 Å². The first kappa shape index (κ1) is 16.1. The second-order valence-electron chi connectivity index (χ2n) is 4.30. The zero-order valence-corrected chi connectivity index (χ0v) is 11.6. The molecule has 0 saturated heterocycles. The Kier molecular flexibility index (Phi) is 6.66. The quantitative estimate of drug-likeness (QED) is 0.581. The van der Waals surface area contributed by atoms with E-state index in [9.17, 15) is 14.0 Å². The molecule has 0 heterocycles. The Bertz CT molecular complexity index is 448. The zero-order valence-electron chi connectivity index (χ0n) is 11.6. The Balaban J connectivity index is 2.55. The first-order valence-electron chi connectivity index (χ1n) is 6.35. The molecule has 1 aromatic carbocycles. The van der Waals surface area contributed by atoms with E-state index >= 15 is 0 Å². The minimum absolute atomic E-state index is 0.0898. The molecule has 0 aromatic heterocycles. The molecule has 1 amide bonds. The summed E-state index contributed by atoms with van der Waals surface area (Å²) in [5.74, 6) is -0.882. The lowest BCUT2D eigenvalue weighted by atomic mass is 10.1. The molecule has 6 heteroatoms. The van der Waals surface area contributed by atoms with Crippen molar-refractivity contribution in [1.29, 1.82) is 0 Å². The molecule has 5 nitrogen and oxygen atoms in total. The van der Waals surface area contributed by atoms with E-state index in [1.165, 1.54) is 38.3 Å². The van der Waals surface area contributed by atoms with E-state index in [2.05, 4.69) is 10.6 Å². The third-order valence-corrected chi connectivity index (χ3v) is 2.72. The van der Waals surface area contributed by atoms with Gasteiger partial charge in [-0.2, -0.15) is 0 Å². The maximum atomic E-state index is 12.9. The number of methoxy groups -OCH3 is 1. The Labute approximate surface area is 117 Å². The van der Waals surface area contributed by atoms with Crippen molar-refractivity contribution in [2.45, 2.75) is 19.4 Å². The fourth-order valence-electron chi connectivity index (χ4n) is 1.71. The molecule has 20 heavy (non-hydrogen) atoms. The molecule has 0 fully saturated rings. The molecule has 2 N–H and O–H groups in total. The lowest BCUT2D eigenvalue weighted by Gasteiger charge is -2.17. The number of ether oxygens (including phenoxy) is 1. The van der Waals surface area contributed by atoms with Crippen LogP contribution in [0, 0.1) is 5.82 Å². The zero-order chi connectivity index (χ0) is 15.0. The van der Waals surface area contributed by atoms with Gasteiger partial charge in [-0.25, -0.2) is 9.18 Å². The van der Waals surface area contributed by atoms with Crippen molar-refractivity contribution in [3.8, 4) is 0 Å². The largest absolute Gasteiger partial charge is 0.468 e. The van der Waals surface area contributed by atoms with Gasteiger partial charge in [-0.15, -0.1) is 0 Å². The number of rotatable bonds is 7. The molecule has 1 rings (SSSR count). The summed E-state index contributed by atoms with van der Waals surface area (Å²) in [7, 11) is 1.30. The summed E-state index contributed by atoms with van der Waals surface area (Å²) in [5.41, 5.74) is 0.637. The minimum atomic E-state index is -0.641. The molecule has 0 aliphatic rings. The number of hydrogen-bond acceptors (Lipinski definition) is 4. The molecule has 0 saturated carbocycles. The number of carbonyl (C=O) groups excluding carboxylic acids is 2. The van der Waals surface area contributed by atoms with Crippen molar-refractivity contribution in [3.63, 3.8) is 0 Å². The van der Waals surface area contributed by atoms with Crippen LogP contribution < -0.4 is 10.6 Å². The van der Waals surface area contributed by atoms with Gasteiger partial charge in [0.1, 0.15) is 11.9 Å². The summed E-state index contributed by atoms with van der Waals surface area (Å²) in [5, 5.41) is 5.70. The van der Waals surface area contributed by atoms with E-state index in [4.69, 9.17) is 4.74 Å². The van der Waals surface area contributed by atoms with Crippen LogP contribution in [0.1, 0.15) is 24.9 Å². The van der Waals surface area contributed by atoms with Gasteiger partial charge in [0.05, 0.1) is 7.11 Å². The van der Waals surface area contributed by atoms with Gasteiger partial charge in [-0.05, 0) is 30.7 Å². The molecule has 1 unspecified atom stereocenters. The molecular formula is C14H19FN2O3. The fourth-order valence-corrected chi connectivity index (χ4v) is 1.71. The van der Waals surface area contributed by atoms with Gasteiger partial charge in [0.15, 0.2) is 0 Å². The summed E-state index contributed by atoms with van der Waals surface area (Å²) in [6, 6.07) is 5.03. The highest BCUT2D eigenvalue weighted by molar-refractivity contribution is 5.77. The second kappa shape index (κ2) is 8.27. The Hall–Kier alpha value is -1.95. The number of hydrogen-bond donors (Lipinski definition) is 2. The van der Waals surface area contributed by atoms with Gasteiger partial charge in [0.2, 0.25) is 5.91 Å². The maximum absolute atomic E-state index is 12.9. The Morgan fingerprint density at radius 2 is 1.90 bits per heavy atom. The van der Waals surface area contributed by atoms with Crippen molar-refractivity contribution >= 4 is 11.9 Å². The first-order valence-corrected chi connectivity index (χ1v) is 6.35. The monoisotopic (exact) mass is 282 g/mol. The number of amides is 1. The van der Waals surface area contributed by atoms with E-state index in [0.717, 1.165) is 0 Å². The van der Waals surface area contributed by atoms with Crippen molar-refractivity contribution in [3.05, 3.63) is 35.6 Å². The highest BCUT2D eigenvalue weighted by Gasteiger charge is 2.20. The second-order valence-corrected chi connectivity index (χ2v) is 4.30. The summed E-state index contributed by atoms with van der Waals surface area (Å²) in [6.07, 6.45) is 0.675. The first-order chi connectivity index (χ1) is 9.54. The van der Waals surface area contributed by atoms with E-state index in [-0.39, 0.29) is 11.7 Å². The molecule has 0 bridgehead atoms. The maximum Gasteiger partial charge on any atom is 0.327 e. The van der Waals surface area contributed by atoms with E-state index < -0.39 is 12.0 Å². The number of nitrogens with one attached hydrogen (secondary N) is 2. The SMILES string of the molecule is COC(=O)C(NCCCNC(C)=O)c1ccc(F)cc1. The van der Waals surface area contributed by atoms with Crippen molar-refractivity contribution in [2.75, 3.05) is 20.2 Å². The topological polar surface area (TPSA) is 67.4 Å². The summed E-state index contributed by atoms with van der Waals surface area (Å²) in [4.78, 5) is 22.4. The van der Waals surface area contributed by atoms with E-state index in [0.29, 0.717) is 25.1 Å². The fraction of sp³-hybridized carbons (Fsp3) is 0.429. The molecule has 110 valence electrons. The van der Waals surface area contributed by atoms with E-state index in [1.54, 1.807) is 0 Å². The lowest BCUT2D eigenvalue weighted by Crippen LogP contribution is -2.32. The standard InChI is InChI=1S/C14H19FN2O3/c1-10(18)16-8-3-9-17-13(14(19)20-2)11-4-6-12(15)7-5-11/h4-7,13,17H,3,8-9H2,1-2H3,(H,16,18). The summed E-state index contributed by atoms with van der Waals surface area (Å²) >= 11 is 0. The van der Waals surface area contributed by atoms with Gasteiger partial charge in [-0.1, -0.05) is 12.1 Å². The van der Waals surface area contributed by atoms with Gasteiger partial charge >= 0.3 is 5.97 Å². The minimum Gasteiger partial charge on any atom is -0.468 e. The molecule has 1 aromatic rings. The number of benzene rings is 1. The van der Waals surface area contributed by atoms with Crippen LogP contribution in [-0.2, 0) is 14.3 Å². The Morgan fingerprint density at radius 3 is 2.45 bits per heavy atom. The van der Waals surface area contributed by atoms with Crippen molar-refractivity contribution in [1.82, 2.24) is 10.6 Å². The van der Waals surface area contributed by atoms with Crippen molar-refractivity contribution < 1.29 is 18.7 Å². The van der Waals surface area contributed by atoms with Crippen molar-refractivity contribution in [2.24, 2.45) is 0 Å². The predicted octanol–water partition coefficient (Wildman–Crippen LogP) is 1.16. The summed E-state index contributed by atoms with van der Waals surface area (Å²) < 4.78 is 17.6. The molecular weight excluding hydrogens is 263 g/mol. The third-order valence-electron chi connectivity index (χ3n) is 2.72. The van der Waals surface area contributed by atoms with Gasteiger partial charge in [0.25, 0.3) is 0 Å². The summed E-state index contributed by atoms with van der Waals surface area (Å²) in [6.45, 7) is 2.50. The smallest absolute Gasteiger partial charge is 0.327 e. The van der Waals surface area contributed by atoms with Crippen LogP contribution in [0.15, 0.2) is 24.3 Å². The molecule has 0 radical (unpaired) electrons. The van der Waals surface area contributed by atoms with Crippen LogP contribution in [0.4, 0.5) is 4.39 Å². The number of carbonyl (C=O) groups is 2. The number of esters is 1. The van der Waals surface area contributed by atoms with Gasteiger partial charge < -0.3 is 15.4 Å². The van der Waals surface area contributed by atoms with Crippen LogP contribution in [0.5, 0.6) is 0 Å². The van der Waals surface area contributed by atoms with Crippen LogP contribution in [0.3, 0.4) is 0 Å².